The minimum Gasteiger partial charge on any atom is -0.378 e. The topological polar surface area (TPSA) is 70.2 Å². The number of aromatic amines is 1. The van der Waals surface area contributed by atoms with Gasteiger partial charge in [0.25, 0.3) is 5.91 Å². The van der Waals surface area contributed by atoms with E-state index in [2.05, 4.69) is 51.5 Å². The Morgan fingerprint density at radius 3 is 3.00 bits per heavy atom. The SMILES string of the molecule is CCCCC(Cc1c[nH]c2ccccc12)NC(=O)c1cnc(N2CCOCC2)s1. The third kappa shape index (κ3) is 4.79. The lowest BCUT2D eigenvalue weighted by Crippen LogP contribution is -2.36. The molecule has 0 saturated carbocycles. The van der Waals surface area contributed by atoms with Crippen molar-refractivity contribution in [2.45, 2.75) is 38.6 Å². The number of benzene rings is 1. The van der Waals surface area contributed by atoms with Gasteiger partial charge in [-0.2, -0.15) is 0 Å². The van der Waals surface area contributed by atoms with E-state index in [1.807, 2.05) is 6.07 Å². The first-order valence-corrected chi connectivity index (χ1v) is 11.2. The molecule has 0 aliphatic carbocycles. The molecule has 1 unspecified atom stereocenters. The molecule has 0 radical (unpaired) electrons. The van der Waals surface area contributed by atoms with Gasteiger partial charge < -0.3 is 19.9 Å². The summed E-state index contributed by atoms with van der Waals surface area (Å²) in [5.74, 6) is -0.0250. The Hall–Kier alpha value is -2.38. The number of ether oxygens (including phenoxy) is 1. The van der Waals surface area contributed by atoms with Gasteiger partial charge in [0.05, 0.1) is 19.4 Å². The zero-order chi connectivity index (χ0) is 20.1. The third-order valence-corrected chi connectivity index (χ3v) is 6.44. The number of nitrogens with one attached hydrogen (secondary N) is 2. The van der Waals surface area contributed by atoms with E-state index >= 15 is 0 Å². The summed E-state index contributed by atoms with van der Waals surface area (Å²) in [6, 6.07) is 8.43. The molecule has 29 heavy (non-hydrogen) atoms. The second-order valence-corrected chi connectivity index (χ2v) is 8.49. The lowest BCUT2D eigenvalue weighted by atomic mass is 10.0. The van der Waals surface area contributed by atoms with Crippen LogP contribution in [0.4, 0.5) is 5.13 Å². The standard InChI is InChI=1S/C22H28N4O2S/c1-2-3-6-17(13-16-14-23-19-8-5-4-7-18(16)19)25-21(27)20-15-24-22(29-20)26-9-11-28-12-10-26/h4-5,7-8,14-15,17,23H,2-3,6,9-13H2,1H3,(H,25,27). The molecular formula is C22H28N4O2S. The molecule has 154 valence electrons. The molecule has 0 spiro atoms. The zero-order valence-corrected chi connectivity index (χ0v) is 17.6. The molecule has 4 rings (SSSR count). The van der Waals surface area contributed by atoms with E-state index in [1.54, 1.807) is 6.20 Å². The van der Waals surface area contributed by atoms with Gasteiger partial charge >= 0.3 is 0 Å². The van der Waals surface area contributed by atoms with Crippen LogP contribution >= 0.6 is 11.3 Å². The summed E-state index contributed by atoms with van der Waals surface area (Å²) in [5.41, 5.74) is 2.39. The number of carbonyl (C=O) groups is 1. The fourth-order valence-corrected chi connectivity index (χ4v) is 4.64. The Labute approximate surface area is 175 Å². The number of carbonyl (C=O) groups excluding carboxylic acids is 1. The molecule has 3 aromatic rings. The Morgan fingerprint density at radius 1 is 1.34 bits per heavy atom. The van der Waals surface area contributed by atoms with Gasteiger partial charge in [-0.1, -0.05) is 49.3 Å². The first-order valence-electron chi connectivity index (χ1n) is 10.4. The highest BCUT2D eigenvalue weighted by Crippen LogP contribution is 2.24. The van der Waals surface area contributed by atoms with Crippen LogP contribution in [-0.4, -0.2) is 48.2 Å². The van der Waals surface area contributed by atoms with Crippen LogP contribution in [0.3, 0.4) is 0 Å². The van der Waals surface area contributed by atoms with Gasteiger partial charge in [-0.3, -0.25) is 4.79 Å². The van der Waals surface area contributed by atoms with E-state index in [4.69, 9.17) is 4.74 Å². The molecule has 1 fully saturated rings. The molecule has 1 atom stereocenters. The van der Waals surface area contributed by atoms with Crippen LogP contribution < -0.4 is 10.2 Å². The zero-order valence-electron chi connectivity index (χ0n) is 16.8. The molecular weight excluding hydrogens is 384 g/mol. The molecule has 3 heterocycles. The monoisotopic (exact) mass is 412 g/mol. The molecule has 0 bridgehead atoms. The molecule has 7 heteroatoms. The largest absolute Gasteiger partial charge is 0.378 e. The van der Waals surface area contributed by atoms with E-state index in [-0.39, 0.29) is 11.9 Å². The number of amides is 1. The van der Waals surface area contributed by atoms with E-state index < -0.39 is 0 Å². The smallest absolute Gasteiger partial charge is 0.263 e. The second kappa shape index (κ2) is 9.41. The van der Waals surface area contributed by atoms with Crippen molar-refractivity contribution in [3.05, 3.63) is 47.1 Å². The van der Waals surface area contributed by atoms with Gasteiger partial charge in [0, 0.05) is 36.2 Å². The Bertz CT molecular complexity index is 945. The van der Waals surface area contributed by atoms with Crippen LogP contribution in [0, 0.1) is 0 Å². The van der Waals surface area contributed by atoms with Gasteiger partial charge in [-0.05, 0) is 24.5 Å². The van der Waals surface area contributed by atoms with Crippen LogP contribution in [0.1, 0.15) is 41.4 Å². The van der Waals surface area contributed by atoms with Gasteiger partial charge in [-0.25, -0.2) is 4.98 Å². The average molecular weight is 413 g/mol. The molecule has 1 saturated heterocycles. The molecule has 2 aromatic heterocycles. The normalized spacial score (nSPS) is 15.6. The highest BCUT2D eigenvalue weighted by Gasteiger charge is 2.20. The highest BCUT2D eigenvalue weighted by atomic mass is 32.1. The number of rotatable bonds is 8. The van der Waals surface area contributed by atoms with E-state index in [0.29, 0.717) is 18.1 Å². The summed E-state index contributed by atoms with van der Waals surface area (Å²) in [4.78, 5) is 23.6. The number of anilines is 1. The van der Waals surface area contributed by atoms with Gasteiger partial charge in [0.1, 0.15) is 4.88 Å². The van der Waals surface area contributed by atoms with Gasteiger partial charge in [0.2, 0.25) is 0 Å². The van der Waals surface area contributed by atoms with Gasteiger partial charge in [0.15, 0.2) is 5.13 Å². The Balaban J connectivity index is 1.44. The lowest BCUT2D eigenvalue weighted by molar-refractivity contribution is 0.0938. The van der Waals surface area contributed by atoms with Crippen molar-refractivity contribution < 1.29 is 9.53 Å². The van der Waals surface area contributed by atoms with E-state index in [9.17, 15) is 4.79 Å². The highest BCUT2D eigenvalue weighted by molar-refractivity contribution is 7.17. The fraction of sp³-hybridized carbons (Fsp3) is 0.455. The van der Waals surface area contributed by atoms with Crippen molar-refractivity contribution in [3.8, 4) is 0 Å². The van der Waals surface area contributed by atoms with E-state index in [0.717, 1.165) is 49.4 Å². The molecule has 6 nitrogen and oxygen atoms in total. The molecule has 1 aromatic carbocycles. The summed E-state index contributed by atoms with van der Waals surface area (Å²) in [6.07, 6.45) is 7.77. The summed E-state index contributed by atoms with van der Waals surface area (Å²) < 4.78 is 5.40. The average Bonchev–Trinajstić information content (AvgIpc) is 3.41. The number of nitrogens with zero attached hydrogens (tertiary/aromatic N) is 2. The number of H-pyrrole nitrogens is 1. The summed E-state index contributed by atoms with van der Waals surface area (Å²) in [7, 11) is 0. The number of fused-ring (bicyclic) bond motifs is 1. The van der Waals surface area contributed by atoms with Crippen molar-refractivity contribution in [2.75, 3.05) is 31.2 Å². The van der Waals surface area contributed by atoms with Crippen LogP contribution in [0.2, 0.25) is 0 Å². The van der Waals surface area contributed by atoms with E-state index in [1.165, 1.54) is 22.3 Å². The number of para-hydroxylation sites is 1. The maximum atomic E-state index is 12.9. The minimum atomic E-state index is -0.0250. The van der Waals surface area contributed by atoms with Crippen molar-refractivity contribution in [1.29, 1.82) is 0 Å². The molecule has 1 amide bonds. The summed E-state index contributed by atoms with van der Waals surface area (Å²) >= 11 is 1.46. The number of thiazole rings is 1. The first-order chi connectivity index (χ1) is 14.2. The number of hydrogen-bond donors (Lipinski definition) is 2. The molecule has 2 N–H and O–H groups in total. The predicted molar refractivity (Wildman–Crippen MR) is 118 cm³/mol. The number of unbranched alkanes of at least 4 members (excludes halogenated alkanes) is 1. The van der Waals surface area contributed by atoms with Crippen molar-refractivity contribution in [1.82, 2.24) is 15.3 Å². The molecule has 1 aliphatic rings. The maximum Gasteiger partial charge on any atom is 0.263 e. The molecule has 1 aliphatic heterocycles. The second-order valence-electron chi connectivity index (χ2n) is 7.48. The third-order valence-electron chi connectivity index (χ3n) is 5.38. The predicted octanol–water partition coefficient (Wildman–Crippen LogP) is 3.99. The van der Waals surface area contributed by atoms with Crippen LogP contribution in [0.25, 0.3) is 10.9 Å². The summed E-state index contributed by atoms with van der Waals surface area (Å²) in [5, 5.41) is 5.40. The Kier molecular flexibility index (Phi) is 6.46. The Morgan fingerprint density at radius 2 is 2.17 bits per heavy atom. The van der Waals surface area contributed by atoms with Crippen molar-refractivity contribution in [2.24, 2.45) is 0 Å². The lowest BCUT2D eigenvalue weighted by Gasteiger charge is -2.25. The summed E-state index contributed by atoms with van der Waals surface area (Å²) in [6.45, 7) is 5.26. The minimum absolute atomic E-state index is 0.0250. The number of aromatic nitrogens is 2. The first kappa shape index (κ1) is 19.9. The quantitative estimate of drug-likeness (QED) is 0.587. The van der Waals surface area contributed by atoms with Crippen LogP contribution in [-0.2, 0) is 11.2 Å². The van der Waals surface area contributed by atoms with Crippen LogP contribution in [0.5, 0.6) is 0 Å². The van der Waals surface area contributed by atoms with Gasteiger partial charge in [-0.15, -0.1) is 0 Å². The number of morpholine rings is 1. The fourth-order valence-electron chi connectivity index (χ4n) is 3.77. The number of hydrogen-bond acceptors (Lipinski definition) is 5. The van der Waals surface area contributed by atoms with Crippen LogP contribution in [0.15, 0.2) is 36.7 Å². The maximum absolute atomic E-state index is 12.9. The van der Waals surface area contributed by atoms with Crippen molar-refractivity contribution >= 4 is 33.3 Å². The van der Waals surface area contributed by atoms with Crippen molar-refractivity contribution in [3.63, 3.8) is 0 Å².